The summed E-state index contributed by atoms with van der Waals surface area (Å²) in [4.78, 5) is 2.11. The number of nitrogens with zero attached hydrogens (tertiary/aromatic N) is 1. The number of hydrogen-bond acceptors (Lipinski definition) is 3. The standard InChI is InChI=1S/C8H19GeNO2/c1-9-3-2-4-10(5-7-11)6-8-12/h11-12H,2-8H2,1H3. The molecule has 0 saturated heterocycles. The summed E-state index contributed by atoms with van der Waals surface area (Å²) >= 11 is 0.294. The van der Waals surface area contributed by atoms with Crippen LogP contribution in [0.25, 0.3) is 0 Å². The van der Waals surface area contributed by atoms with Gasteiger partial charge in [-0.2, -0.15) is 0 Å². The third kappa shape index (κ3) is 7.09. The molecule has 0 bridgehead atoms. The second kappa shape index (κ2) is 9.51. The molecular formula is C8H19GeNO2. The molecule has 0 amide bonds. The third-order valence-corrected chi connectivity index (χ3v) is 3.52. The van der Waals surface area contributed by atoms with Crippen molar-refractivity contribution in [2.45, 2.75) is 17.4 Å². The Hall–Kier alpha value is 0.423. The van der Waals surface area contributed by atoms with Crippen LogP contribution in [0, 0.1) is 0 Å². The van der Waals surface area contributed by atoms with Gasteiger partial charge in [0, 0.05) is 0 Å². The Morgan fingerprint density at radius 2 is 1.67 bits per heavy atom. The van der Waals surface area contributed by atoms with Crippen molar-refractivity contribution in [3.05, 3.63) is 0 Å². The summed E-state index contributed by atoms with van der Waals surface area (Å²) in [7, 11) is 0. The predicted molar refractivity (Wildman–Crippen MR) is 51.7 cm³/mol. The molecule has 0 atom stereocenters. The molecule has 0 rings (SSSR count). The first-order valence-corrected chi connectivity index (χ1v) is 8.02. The van der Waals surface area contributed by atoms with Crippen LogP contribution < -0.4 is 0 Å². The molecule has 2 N–H and O–H groups in total. The summed E-state index contributed by atoms with van der Waals surface area (Å²) in [6.07, 6.45) is 1.22. The van der Waals surface area contributed by atoms with Gasteiger partial charge in [0.1, 0.15) is 0 Å². The van der Waals surface area contributed by atoms with Gasteiger partial charge < -0.3 is 0 Å². The van der Waals surface area contributed by atoms with Crippen molar-refractivity contribution >= 4 is 15.4 Å². The molecular weight excluding hydrogens is 215 g/mol. The molecule has 0 aromatic heterocycles. The summed E-state index contributed by atoms with van der Waals surface area (Å²) in [5.74, 6) is 2.29. The van der Waals surface area contributed by atoms with E-state index in [1.165, 1.54) is 11.7 Å². The SMILES string of the molecule is [CH3][Ge][CH2]CCN(CCO)CCO. The van der Waals surface area contributed by atoms with Gasteiger partial charge in [-0.05, 0) is 0 Å². The quantitative estimate of drug-likeness (QED) is 0.452. The van der Waals surface area contributed by atoms with Crippen molar-refractivity contribution < 1.29 is 10.2 Å². The van der Waals surface area contributed by atoms with Gasteiger partial charge in [-0.1, -0.05) is 0 Å². The first kappa shape index (κ1) is 12.4. The van der Waals surface area contributed by atoms with E-state index < -0.39 is 0 Å². The van der Waals surface area contributed by atoms with Gasteiger partial charge in [0.2, 0.25) is 0 Å². The Balaban J connectivity index is 3.34. The number of aliphatic hydroxyl groups excluding tert-OH is 2. The average Bonchev–Trinajstić information content (AvgIpc) is 2.06. The molecule has 0 aliphatic rings. The van der Waals surface area contributed by atoms with Gasteiger partial charge in [0.15, 0.2) is 0 Å². The summed E-state index contributed by atoms with van der Waals surface area (Å²) < 4.78 is 0. The third-order valence-electron chi connectivity index (χ3n) is 1.73. The normalized spacial score (nSPS) is 11.0. The predicted octanol–water partition coefficient (Wildman–Crippen LogP) is -0.166. The Labute approximate surface area is 81.2 Å². The van der Waals surface area contributed by atoms with Crippen LogP contribution in [0.4, 0.5) is 0 Å². The molecule has 0 aromatic carbocycles. The maximum atomic E-state index is 8.70. The van der Waals surface area contributed by atoms with E-state index >= 15 is 0 Å². The summed E-state index contributed by atoms with van der Waals surface area (Å²) in [5.41, 5.74) is 0. The molecule has 3 nitrogen and oxygen atoms in total. The number of aliphatic hydroxyl groups is 2. The van der Waals surface area contributed by atoms with Crippen molar-refractivity contribution in [2.24, 2.45) is 0 Å². The van der Waals surface area contributed by atoms with Crippen molar-refractivity contribution in [1.29, 1.82) is 0 Å². The van der Waals surface area contributed by atoms with E-state index in [2.05, 4.69) is 10.7 Å². The summed E-state index contributed by atoms with van der Waals surface area (Å²) in [6, 6.07) is 0. The Kier molecular flexibility index (Phi) is 9.85. The summed E-state index contributed by atoms with van der Waals surface area (Å²) in [5, 5.41) is 18.8. The fourth-order valence-corrected chi connectivity index (χ4v) is 2.17. The minimum absolute atomic E-state index is 0.197. The van der Waals surface area contributed by atoms with E-state index in [0.29, 0.717) is 28.5 Å². The molecule has 0 aromatic rings. The minimum atomic E-state index is 0.197. The molecule has 0 aliphatic heterocycles. The van der Waals surface area contributed by atoms with E-state index in [1.54, 1.807) is 0 Å². The van der Waals surface area contributed by atoms with Crippen molar-refractivity contribution in [3.8, 4) is 0 Å². The molecule has 72 valence electrons. The molecule has 0 spiro atoms. The van der Waals surface area contributed by atoms with Crippen LogP contribution in [0.1, 0.15) is 6.42 Å². The summed E-state index contributed by atoms with van der Waals surface area (Å²) in [6.45, 7) is 2.82. The van der Waals surface area contributed by atoms with Crippen molar-refractivity contribution in [1.82, 2.24) is 4.90 Å². The fourth-order valence-electron chi connectivity index (χ4n) is 1.10. The van der Waals surface area contributed by atoms with Gasteiger partial charge >= 0.3 is 80.8 Å². The topological polar surface area (TPSA) is 43.7 Å². The van der Waals surface area contributed by atoms with E-state index in [1.807, 2.05) is 0 Å². The van der Waals surface area contributed by atoms with E-state index in [-0.39, 0.29) is 13.2 Å². The molecule has 0 aliphatic carbocycles. The van der Waals surface area contributed by atoms with Gasteiger partial charge in [0.05, 0.1) is 0 Å². The first-order chi connectivity index (χ1) is 5.85. The zero-order valence-electron chi connectivity index (χ0n) is 7.79. The Morgan fingerprint density at radius 1 is 1.08 bits per heavy atom. The van der Waals surface area contributed by atoms with Crippen LogP contribution in [0.15, 0.2) is 0 Å². The van der Waals surface area contributed by atoms with Crippen molar-refractivity contribution in [3.63, 3.8) is 0 Å². The fraction of sp³-hybridized carbons (Fsp3) is 1.00. The van der Waals surface area contributed by atoms with Crippen LogP contribution in [-0.4, -0.2) is 63.4 Å². The molecule has 0 saturated carbocycles. The number of rotatable bonds is 8. The average molecular weight is 234 g/mol. The maximum absolute atomic E-state index is 8.70. The zero-order chi connectivity index (χ0) is 9.23. The van der Waals surface area contributed by atoms with Crippen LogP contribution in [0.2, 0.25) is 11.0 Å². The molecule has 2 radical (unpaired) electrons. The van der Waals surface area contributed by atoms with E-state index in [4.69, 9.17) is 10.2 Å². The monoisotopic (exact) mass is 235 g/mol. The Bertz CT molecular complexity index is 87.1. The number of hydrogen-bond donors (Lipinski definition) is 2. The van der Waals surface area contributed by atoms with E-state index in [0.717, 1.165) is 6.54 Å². The zero-order valence-corrected chi connectivity index (χ0v) is 9.89. The molecule has 4 heteroatoms. The van der Waals surface area contributed by atoms with Crippen molar-refractivity contribution in [2.75, 3.05) is 32.8 Å². The van der Waals surface area contributed by atoms with Crippen LogP contribution in [0.3, 0.4) is 0 Å². The Morgan fingerprint density at radius 3 is 2.08 bits per heavy atom. The van der Waals surface area contributed by atoms with Gasteiger partial charge in [-0.15, -0.1) is 0 Å². The first-order valence-electron chi connectivity index (χ1n) is 4.43. The molecule has 12 heavy (non-hydrogen) atoms. The molecule has 0 unspecified atom stereocenters. The second-order valence-corrected chi connectivity index (χ2v) is 5.28. The van der Waals surface area contributed by atoms with Crippen LogP contribution >= 0.6 is 0 Å². The van der Waals surface area contributed by atoms with E-state index in [9.17, 15) is 0 Å². The molecule has 0 heterocycles. The van der Waals surface area contributed by atoms with Crippen LogP contribution in [-0.2, 0) is 0 Å². The second-order valence-electron chi connectivity index (χ2n) is 2.75. The molecule has 0 fully saturated rings. The van der Waals surface area contributed by atoms with Gasteiger partial charge in [0.25, 0.3) is 0 Å². The van der Waals surface area contributed by atoms with Crippen LogP contribution in [0.5, 0.6) is 0 Å². The van der Waals surface area contributed by atoms with Gasteiger partial charge in [-0.25, -0.2) is 0 Å². The van der Waals surface area contributed by atoms with Gasteiger partial charge in [-0.3, -0.25) is 0 Å².